The van der Waals surface area contributed by atoms with E-state index < -0.39 is 17.2 Å². The van der Waals surface area contributed by atoms with E-state index in [1.807, 2.05) is 20.8 Å². The predicted octanol–water partition coefficient (Wildman–Crippen LogP) is 2.91. The number of aromatic nitrogens is 2. The second-order valence-electron chi connectivity index (χ2n) is 7.61. The Labute approximate surface area is 172 Å². The molecule has 152 valence electrons. The average Bonchev–Trinajstić information content (AvgIpc) is 2.96. The lowest BCUT2D eigenvalue weighted by Crippen LogP contribution is -2.42. The third kappa shape index (κ3) is 3.96. The predicted molar refractivity (Wildman–Crippen MR) is 113 cm³/mol. The van der Waals surface area contributed by atoms with Gasteiger partial charge in [0.15, 0.2) is 5.16 Å². The molecule has 0 saturated heterocycles. The van der Waals surface area contributed by atoms with Crippen LogP contribution in [0, 0.1) is 11.8 Å². The number of hydrogen-bond donors (Lipinski definition) is 2. The number of aryl methyl sites for hydroxylation is 1. The molecule has 2 aromatic heterocycles. The van der Waals surface area contributed by atoms with Crippen LogP contribution in [0.4, 0.5) is 4.79 Å². The minimum absolute atomic E-state index is 0.0418. The summed E-state index contributed by atoms with van der Waals surface area (Å²) in [5.41, 5.74) is 6.21. The van der Waals surface area contributed by atoms with Crippen molar-refractivity contribution in [2.75, 3.05) is 0 Å². The largest absolute Gasteiger partial charge is 0.351 e. The number of rotatable bonds is 5. The SMILES string of the molecule is CCn1c(S[C@H](C(=O)NC(N)=O)C(C)C)nc2sc3c(c2c1=O)CC[C@@H](C)C3. The van der Waals surface area contributed by atoms with Crippen LogP contribution >= 0.6 is 23.1 Å². The third-order valence-electron chi connectivity index (χ3n) is 5.04. The van der Waals surface area contributed by atoms with Crippen LogP contribution in [0.2, 0.25) is 0 Å². The second-order valence-corrected chi connectivity index (χ2v) is 9.80. The van der Waals surface area contributed by atoms with Gasteiger partial charge in [0.1, 0.15) is 4.83 Å². The number of carbonyl (C=O) groups is 2. The van der Waals surface area contributed by atoms with Gasteiger partial charge in [0, 0.05) is 11.4 Å². The van der Waals surface area contributed by atoms with Crippen LogP contribution in [-0.2, 0) is 24.2 Å². The number of hydrogen-bond acceptors (Lipinski definition) is 6. The summed E-state index contributed by atoms with van der Waals surface area (Å²) in [7, 11) is 0. The first-order valence-electron chi connectivity index (χ1n) is 9.54. The first-order chi connectivity index (χ1) is 13.2. The molecule has 9 heteroatoms. The minimum Gasteiger partial charge on any atom is -0.351 e. The molecule has 2 atom stereocenters. The number of urea groups is 1. The molecule has 2 aromatic rings. The molecule has 0 bridgehead atoms. The van der Waals surface area contributed by atoms with Gasteiger partial charge in [-0.2, -0.15) is 0 Å². The highest BCUT2D eigenvalue weighted by molar-refractivity contribution is 8.00. The van der Waals surface area contributed by atoms with Crippen LogP contribution < -0.4 is 16.6 Å². The number of fused-ring (bicyclic) bond motifs is 3. The lowest BCUT2D eigenvalue weighted by molar-refractivity contribution is -0.120. The van der Waals surface area contributed by atoms with Crippen molar-refractivity contribution in [3.63, 3.8) is 0 Å². The molecule has 0 radical (unpaired) electrons. The maximum atomic E-state index is 13.2. The van der Waals surface area contributed by atoms with Gasteiger partial charge in [0.2, 0.25) is 5.91 Å². The van der Waals surface area contributed by atoms with Crippen LogP contribution in [0.1, 0.15) is 44.6 Å². The Hall–Kier alpha value is -1.87. The maximum absolute atomic E-state index is 13.2. The fourth-order valence-corrected chi connectivity index (χ4v) is 6.15. The summed E-state index contributed by atoms with van der Waals surface area (Å²) >= 11 is 2.81. The van der Waals surface area contributed by atoms with Crippen LogP contribution in [0.3, 0.4) is 0 Å². The van der Waals surface area contributed by atoms with Crippen molar-refractivity contribution in [1.29, 1.82) is 0 Å². The van der Waals surface area contributed by atoms with Crippen molar-refractivity contribution in [2.45, 2.75) is 63.9 Å². The standard InChI is InChI=1S/C19H26N4O3S2/c1-5-23-17(25)13-11-7-6-10(4)8-12(11)27-16(13)22-19(23)28-14(9(2)3)15(24)21-18(20)26/h9-10,14H,5-8H2,1-4H3,(H3,20,21,24,26)/t10-,14+/m1/s1. The fraction of sp³-hybridized carbons (Fsp3) is 0.579. The Balaban J connectivity index is 2.06. The van der Waals surface area contributed by atoms with Crippen molar-refractivity contribution in [3.05, 3.63) is 20.8 Å². The van der Waals surface area contributed by atoms with Gasteiger partial charge in [-0.3, -0.25) is 19.5 Å². The van der Waals surface area contributed by atoms with Gasteiger partial charge in [-0.05, 0) is 43.6 Å². The number of nitrogens with two attached hydrogens (primary N) is 1. The van der Waals surface area contributed by atoms with Crippen LogP contribution in [0.5, 0.6) is 0 Å². The Morgan fingerprint density at radius 2 is 2.14 bits per heavy atom. The van der Waals surface area contributed by atoms with Gasteiger partial charge in [-0.15, -0.1) is 11.3 Å². The highest BCUT2D eigenvalue weighted by atomic mass is 32.2. The maximum Gasteiger partial charge on any atom is 0.318 e. The number of imide groups is 1. The molecule has 1 aliphatic rings. The van der Waals surface area contributed by atoms with Crippen LogP contribution in [-0.4, -0.2) is 26.7 Å². The molecular weight excluding hydrogens is 396 g/mol. The van der Waals surface area contributed by atoms with E-state index in [0.717, 1.165) is 35.0 Å². The fourth-order valence-electron chi connectivity index (χ4n) is 3.57. The van der Waals surface area contributed by atoms with E-state index in [1.165, 1.54) is 16.6 Å². The number of amides is 3. The molecule has 0 spiro atoms. The minimum atomic E-state index is -0.882. The summed E-state index contributed by atoms with van der Waals surface area (Å²) in [6.07, 6.45) is 2.99. The number of nitrogens with one attached hydrogen (secondary N) is 1. The van der Waals surface area contributed by atoms with E-state index in [1.54, 1.807) is 15.9 Å². The molecule has 0 aliphatic heterocycles. The Bertz CT molecular complexity index is 980. The average molecular weight is 423 g/mol. The molecule has 28 heavy (non-hydrogen) atoms. The lowest BCUT2D eigenvalue weighted by atomic mass is 9.89. The third-order valence-corrected chi connectivity index (χ3v) is 7.72. The summed E-state index contributed by atoms with van der Waals surface area (Å²) in [5, 5.41) is 2.81. The normalized spacial score (nSPS) is 17.5. The molecule has 7 nitrogen and oxygen atoms in total. The van der Waals surface area contributed by atoms with Gasteiger partial charge in [0.25, 0.3) is 5.56 Å². The Morgan fingerprint density at radius 1 is 1.43 bits per heavy atom. The summed E-state index contributed by atoms with van der Waals surface area (Å²) in [5.74, 6) is 0.0778. The van der Waals surface area contributed by atoms with Crippen LogP contribution in [0.25, 0.3) is 10.2 Å². The van der Waals surface area contributed by atoms with E-state index in [4.69, 9.17) is 10.7 Å². The quantitative estimate of drug-likeness (QED) is 0.569. The molecule has 3 amide bonds. The highest BCUT2D eigenvalue weighted by Gasteiger charge is 2.29. The molecule has 0 fully saturated rings. The van der Waals surface area contributed by atoms with Crippen molar-refractivity contribution in [1.82, 2.24) is 14.9 Å². The topological polar surface area (TPSA) is 107 Å². The zero-order valence-electron chi connectivity index (χ0n) is 16.6. The smallest absolute Gasteiger partial charge is 0.318 e. The zero-order chi connectivity index (χ0) is 20.6. The van der Waals surface area contributed by atoms with E-state index in [0.29, 0.717) is 17.6 Å². The molecule has 0 unspecified atom stereocenters. The number of thiophene rings is 1. The lowest BCUT2D eigenvalue weighted by Gasteiger charge is -2.20. The van der Waals surface area contributed by atoms with Crippen molar-refractivity contribution < 1.29 is 9.59 Å². The van der Waals surface area contributed by atoms with Gasteiger partial charge < -0.3 is 5.73 Å². The van der Waals surface area contributed by atoms with E-state index in [2.05, 4.69) is 12.2 Å². The summed E-state index contributed by atoms with van der Waals surface area (Å²) in [6, 6.07) is -0.882. The van der Waals surface area contributed by atoms with Gasteiger partial charge >= 0.3 is 6.03 Å². The van der Waals surface area contributed by atoms with E-state index >= 15 is 0 Å². The summed E-state index contributed by atoms with van der Waals surface area (Å²) in [4.78, 5) is 43.5. The van der Waals surface area contributed by atoms with E-state index in [9.17, 15) is 14.4 Å². The Morgan fingerprint density at radius 3 is 2.75 bits per heavy atom. The number of primary amides is 1. The number of carbonyl (C=O) groups excluding carboxylic acids is 2. The van der Waals surface area contributed by atoms with Gasteiger partial charge in [-0.25, -0.2) is 9.78 Å². The highest BCUT2D eigenvalue weighted by Crippen LogP contribution is 2.37. The molecule has 1 aliphatic carbocycles. The number of nitrogens with zero attached hydrogens (tertiary/aromatic N) is 2. The van der Waals surface area contributed by atoms with Crippen molar-refractivity contribution in [2.24, 2.45) is 17.6 Å². The monoisotopic (exact) mass is 422 g/mol. The van der Waals surface area contributed by atoms with E-state index in [-0.39, 0.29) is 11.5 Å². The van der Waals surface area contributed by atoms with Crippen LogP contribution in [0.15, 0.2) is 9.95 Å². The molecule has 0 aromatic carbocycles. The van der Waals surface area contributed by atoms with Gasteiger partial charge in [-0.1, -0.05) is 32.5 Å². The molecule has 0 saturated carbocycles. The zero-order valence-corrected chi connectivity index (χ0v) is 18.2. The first-order valence-corrected chi connectivity index (χ1v) is 11.2. The molecule has 3 N–H and O–H groups in total. The summed E-state index contributed by atoms with van der Waals surface area (Å²) < 4.78 is 1.63. The first kappa shape index (κ1) is 20.9. The molecule has 3 rings (SSSR count). The van der Waals surface area contributed by atoms with Crippen molar-refractivity contribution in [3.8, 4) is 0 Å². The molecule has 2 heterocycles. The number of thioether (sulfide) groups is 1. The van der Waals surface area contributed by atoms with Gasteiger partial charge in [0.05, 0.1) is 10.6 Å². The van der Waals surface area contributed by atoms with Crippen molar-refractivity contribution >= 4 is 45.3 Å². The second kappa shape index (κ2) is 8.24. The Kier molecular flexibility index (Phi) is 6.14. The summed E-state index contributed by atoms with van der Waals surface area (Å²) in [6.45, 7) is 8.37. The molecular formula is C19H26N4O3S2.